The van der Waals surface area contributed by atoms with E-state index in [1.54, 1.807) is 7.11 Å². The number of hydrogen-bond donors (Lipinski definition) is 1. The van der Waals surface area contributed by atoms with Gasteiger partial charge in [-0.05, 0) is 38.1 Å². The van der Waals surface area contributed by atoms with Gasteiger partial charge in [0.15, 0.2) is 0 Å². The molecule has 2 unspecified atom stereocenters. The Morgan fingerprint density at radius 3 is 2.72 bits per heavy atom. The second-order valence-electron chi connectivity index (χ2n) is 4.87. The van der Waals surface area contributed by atoms with E-state index in [1.165, 1.54) is 6.42 Å². The molecule has 0 aliphatic carbocycles. The lowest BCUT2D eigenvalue weighted by atomic mass is 10.1. The van der Waals surface area contributed by atoms with Crippen LogP contribution in [0.4, 0.5) is 0 Å². The quantitative estimate of drug-likeness (QED) is 0.809. The average molecular weight is 251 g/mol. The summed E-state index contributed by atoms with van der Waals surface area (Å²) >= 11 is 0. The molecule has 0 bridgehead atoms. The fourth-order valence-corrected chi connectivity index (χ4v) is 2.05. The number of nitrogens with zero attached hydrogens (tertiary/aromatic N) is 1. The molecule has 0 saturated heterocycles. The van der Waals surface area contributed by atoms with Crippen molar-refractivity contribution < 1.29 is 9.84 Å². The van der Waals surface area contributed by atoms with Crippen LogP contribution in [0.5, 0.6) is 5.75 Å². The zero-order valence-electron chi connectivity index (χ0n) is 11.9. The molecule has 1 aromatic carbocycles. The molecule has 1 aromatic rings. The summed E-state index contributed by atoms with van der Waals surface area (Å²) in [6.07, 6.45) is 1.85. The van der Waals surface area contributed by atoms with Gasteiger partial charge in [-0.1, -0.05) is 25.5 Å². The van der Waals surface area contributed by atoms with Gasteiger partial charge in [0.2, 0.25) is 0 Å². The van der Waals surface area contributed by atoms with E-state index in [4.69, 9.17) is 4.74 Å². The Balaban J connectivity index is 2.60. The van der Waals surface area contributed by atoms with E-state index in [1.807, 2.05) is 24.3 Å². The highest BCUT2D eigenvalue weighted by Crippen LogP contribution is 2.20. The third kappa shape index (κ3) is 4.31. The first kappa shape index (κ1) is 15.0. The number of methoxy groups -OCH3 is 1. The summed E-state index contributed by atoms with van der Waals surface area (Å²) in [5, 5.41) is 10.2. The lowest BCUT2D eigenvalue weighted by Crippen LogP contribution is -2.32. The molecule has 102 valence electrons. The molecule has 18 heavy (non-hydrogen) atoms. The van der Waals surface area contributed by atoms with Crippen LogP contribution >= 0.6 is 0 Å². The Morgan fingerprint density at radius 1 is 1.39 bits per heavy atom. The molecule has 1 rings (SSSR count). The zero-order chi connectivity index (χ0) is 13.5. The maximum Gasteiger partial charge on any atom is 0.119 e. The minimum Gasteiger partial charge on any atom is -0.497 e. The Hall–Kier alpha value is -1.06. The van der Waals surface area contributed by atoms with Crippen LogP contribution in [0.15, 0.2) is 24.3 Å². The van der Waals surface area contributed by atoms with Crippen LogP contribution in [-0.2, 0) is 0 Å². The van der Waals surface area contributed by atoms with Crippen LogP contribution in [-0.4, -0.2) is 36.8 Å². The van der Waals surface area contributed by atoms with Crippen molar-refractivity contribution >= 4 is 0 Å². The van der Waals surface area contributed by atoms with Gasteiger partial charge in [-0.3, -0.25) is 0 Å². The predicted molar refractivity (Wildman–Crippen MR) is 75.0 cm³/mol. The van der Waals surface area contributed by atoms with Crippen LogP contribution in [0.3, 0.4) is 0 Å². The van der Waals surface area contributed by atoms with Crippen LogP contribution in [0.25, 0.3) is 0 Å². The second kappa shape index (κ2) is 7.39. The van der Waals surface area contributed by atoms with Crippen LogP contribution in [0.1, 0.15) is 38.4 Å². The first-order valence-corrected chi connectivity index (χ1v) is 6.60. The highest BCUT2D eigenvalue weighted by atomic mass is 16.5. The molecule has 0 saturated carbocycles. The monoisotopic (exact) mass is 251 g/mol. The Bertz CT molecular complexity index is 354. The van der Waals surface area contributed by atoms with Gasteiger partial charge in [0, 0.05) is 12.6 Å². The molecule has 0 aromatic heterocycles. The van der Waals surface area contributed by atoms with Gasteiger partial charge >= 0.3 is 0 Å². The molecule has 0 amide bonds. The maximum absolute atomic E-state index is 10.2. The van der Waals surface area contributed by atoms with Gasteiger partial charge in [0.05, 0.1) is 13.2 Å². The summed E-state index contributed by atoms with van der Waals surface area (Å²) in [6.45, 7) is 5.03. The van der Waals surface area contributed by atoms with E-state index in [9.17, 15) is 5.11 Å². The number of aliphatic hydroxyl groups is 1. The number of hydrogen-bond acceptors (Lipinski definition) is 3. The third-order valence-electron chi connectivity index (χ3n) is 3.40. The van der Waals surface area contributed by atoms with E-state index in [2.05, 4.69) is 25.8 Å². The molecule has 0 aliphatic rings. The van der Waals surface area contributed by atoms with Crippen molar-refractivity contribution in [3.05, 3.63) is 29.8 Å². The van der Waals surface area contributed by atoms with Crippen molar-refractivity contribution in [1.82, 2.24) is 4.90 Å². The molecule has 0 spiro atoms. The van der Waals surface area contributed by atoms with Crippen LogP contribution in [0, 0.1) is 0 Å². The van der Waals surface area contributed by atoms with Crippen molar-refractivity contribution in [3.63, 3.8) is 0 Å². The van der Waals surface area contributed by atoms with Crippen LogP contribution in [0.2, 0.25) is 0 Å². The van der Waals surface area contributed by atoms with Crippen molar-refractivity contribution in [2.75, 3.05) is 20.7 Å². The van der Waals surface area contributed by atoms with Gasteiger partial charge in [-0.15, -0.1) is 0 Å². The normalized spacial score (nSPS) is 14.6. The summed E-state index contributed by atoms with van der Waals surface area (Å²) < 4.78 is 5.17. The summed E-state index contributed by atoms with van der Waals surface area (Å²) in [7, 11) is 3.70. The lowest BCUT2D eigenvalue weighted by molar-refractivity contribution is 0.105. The Labute approximate surface area is 110 Å². The molecule has 0 heterocycles. The number of likely N-dealkylation sites (N-methyl/N-ethyl adjacent to an activating group) is 1. The van der Waals surface area contributed by atoms with Gasteiger partial charge < -0.3 is 14.7 Å². The van der Waals surface area contributed by atoms with E-state index in [-0.39, 0.29) is 0 Å². The number of ether oxygens (including phenoxy) is 1. The molecule has 0 radical (unpaired) electrons. The molecule has 3 heteroatoms. The van der Waals surface area contributed by atoms with Crippen molar-refractivity contribution in [1.29, 1.82) is 0 Å². The van der Waals surface area contributed by atoms with Gasteiger partial charge in [0.1, 0.15) is 5.75 Å². The topological polar surface area (TPSA) is 32.7 Å². The lowest BCUT2D eigenvalue weighted by Gasteiger charge is -2.27. The number of benzene rings is 1. The van der Waals surface area contributed by atoms with E-state index in [0.29, 0.717) is 12.6 Å². The van der Waals surface area contributed by atoms with E-state index in [0.717, 1.165) is 17.7 Å². The molecular weight excluding hydrogens is 226 g/mol. The zero-order valence-corrected chi connectivity index (χ0v) is 11.9. The summed E-state index contributed by atoms with van der Waals surface area (Å²) in [6, 6.07) is 8.12. The Kier molecular flexibility index (Phi) is 6.16. The van der Waals surface area contributed by atoms with Gasteiger partial charge in [-0.25, -0.2) is 0 Å². The second-order valence-corrected chi connectivity index (χ2v) is 4.87. The standard InChI is InChI=1S/C15H25NO2/c1-5-7-12(2)16(3)11-15(17)13-8-6-9-14(10-13)18-4/h6,8-10,12,15,17H,5,7,11H2,1-4H3. The van der Waals surface area contributed by atoms with Gasteiger partial charge in [-0.2, -0.15) is 0 Å². The minimum atomic E-state index is -0.468. The van der Waals surface area contributed by atoms with Crippen molar-refractivity contribution in [2.24, 2.45) is 0 Å². The first-order valence-electron chi connectivity index (χ1n) is 6.60. The molecule has 3 nitrogen and oxygen atoms in total. The molecule has 2 atom stereocenters. The third-order valence-corrected chi connectivity index (χ3v) is 3.40. The van der Waals surface area contributed by atoms with Gasteiger partial charge in [0.25, 0.3) is 0 Å². The fourth-order valence-electron chi connectivity index (χ4n) is 2.05. The average Bonchev–Trinajstić information content (AvgIpc) is 2.39. The SMILES string of the molecule is CCCC(C)N(C)CC(O)c1cccc(OC)c1. The van der Waals surface area contributed by atoms with Crippen molar-refractivity contribution in [3.8, 4) is 5.75 Å². The number of rotatable bonds is 7. The summed E-state index contributed by atoms with van der Waals surface area (Å²) in [5.41, 5.74) is 0.907. The fraction of sp³-hybridized carbons (Fsp3) is 0.600. The maximum atomic E-state index is 10.2. The first-order chi connectivity index (χ1) is 8.58. The highest BCUT2D eigenvalue weighted by Gasteiger charge is 2.15. The predicted octanol–water partition coefficient (Wildman–Crippen LogP) is 2.85. The minimum absolute atomic E-state index is 0.468. The molecule has 0 aliphatic heterocycles. The highest BCUT2D eigenvalue weighted by molar-refractivity contribution is 5.29. The van der Waals surface area contributed by atoms with E-state index < -0.39 is 6.10 Å². The van der Waals surface area contributed by atoms with E-state index >= 15 is 0 Å². The summed E-state index contributed by atoms with van der Waals surface area (Å²) in [4.78, 5) is 2.20. The van der Waals surface area contributed by atoms with Crippen LogP contribution < -0.4 is 4.74 Å². The molecule has 0 fully saturated rings. The smallest absolute Gasteiger partial charge is 0.119 e. The number of aliphatic hydroxyl groups excluding tert-OH is 1. The molecular formula is C15H25NO2. The van der Waals surface area contributed by atoms with Crippen molar-refractivity contribution in [2.45, 2.75) is 38.8 Å². The molecule has 1 N–H and O–H groups in total. The largest absolute Gasteiger partial charge is 0.497 e. The Morgan fingerprint density at radius 2 is 2.11 bits per heavy atom. The summed E-state index contributed by atoms with van der Waals surface area (Å²) in [5.74, 6) is 0.788.